The number of thiophene rings is 1. The van der Waals surface area contributed by atoms with Gasteiger partial charge in [-0.05, 0) is 30.2 Å². The van der Waals surface area contributed by atoms with Gasteiger partial charge in [0.1, 0.15) is 6.54 Å². The third kappa shape index (κ3) is 5.24. The molecule has 0 radical (unpaired) electrons. The standard InChI is InChI=1S/C13H17NO3S2/c15-12(9-18-8-11-2-1-5-19-11)14(7-13(16)17)6-10-3-4-10/h1-2,5,10H,3-4,6-9H2,(H,16,17). The first-order chi connectivity index (χ1) is 9.15. The normalized spacial score (nSPS) is 14.3. The maximum absolute atomic E-state index is 12.0. The van der Waals surface area contributed by atoms with Gasteiger partial charge in [-0.2, -0.15) is 0 Å². The molecule has 1 saturated carbocycles. The van der Waals surface area contributed by atoms with Crippen LogP contribution in [0.5, 0.6) is 0 Å². The van der Waals surface area contributed by atoms with E-state index in [0.717, 1.165) is 18.6 Å². The van der Waals surface area contributed by atoms with E-state index in [4.69, 9.17) is 5.11 Å². The monoisotopic (exact) mass is 299 g/mol. The maximum Gasteiger partial charge on any atom is 0.323 e. The maximum atomic E-state index is 12.0. The summed E-state index contributed by atoms with van der Waals surface area (Å²) in [7, 11) is 0. The van der Waals surface area contributed by atoms with E-state index in [1.54, 1.807) is 23.1 Å². The number of nitrogens with zero attached hydrogens (tertiary/aromatic N) is 1. The topological polar surface area (TPSA) is 57.6 Å². The number of carbonyl (C=O) groups excluding carboxylic acids is 1. The highest BCUT2D eigenvalue weighted by Gasteiger charge is 2.27. The van der Waals surface area contributed by atoms with Crippen molar-refractivity contribution in [2.75, 3.05) is 18.8 Å². The van der Waals surface area contributed by atoms with Crippen LogP contribution in [0.3, 0.4) is 0 Å². The number of amides is 1. The largest absolute Gasteiger partial charge is 0.480 e. The molecular weight excluding hydrogens is 282 g/mol. The summed E-state index contributed by atoms with van der Waals surface area (Å²) in [6.07, 6.45) is 2.23. The fraction of sp³-hybridized carbons (Fsp3) is 0.538. The van der Waals surface area contributed by atoms with Crippen LogP contribution in [0.2, 0.25) is 0 Å². The second-order valence-electron chi connectivity index (χ2n) is 4.68. The van der Waals surface area contributed by atoms with Gasteiger partial charge >= 0.3 is 5.97 Å². The summed E-state index contributed by atoms with van der Waals surface area (Å²) < 4.78 is 0. The fourth-order valence-electron chi connectivity index (χ4n) is 1.75. The number of carboxylic acids is 1. The van der Waals surface area contributed by atoms with Crippen molar-refractivity contribution in [1.82, 2.24) is 4.90 Å². The molecule has 104 valence electrons. The van der Waals surface area contributed by atoms with E-state index in [1.165, 1.54) is 9.78 Å². The number of thioether (sulfide) groups is 1. The van der Waals surface area contributed by atoms with Crippen molar-refractivity contribution >= 4 is 35.0 Å². The fourth-order valence-corrected chi connectivity index (χ4v) is 3.52. The number of hydrogen-bond donors (Lipinski definition) is 1. The summed E-state index contributed by atoms with van der Waals surface area (Å²) in [5, 5.41) is 10.9. The van der Waals surface area contributed by atoms with Crippen LogP contribution in [-0.4, -0.2) is 40.7 Å². The van der Waals surface area contributed by atoms with Crippen molar-refractivity contribution in [1.29, 1.82) is 0 Å². The zero-order valence-corrected chi connectivity index (χ0v) is 12.2. The van der Waals surface area contributed by atoms with Crippen LogP contribution in [0.4, 0.5) is 0 Å². The van der Waals surface area contributed by atoms with Gasteiger partial charge in [-0.3, -0.25) is 9.59 Å². The van der Waals surface area contributed by atoms with Crippen LogP contribution < -0.4 is 0 Å². The molecule has 1 heterocycles. The van der Waals surface area contributed by atoms with Crippen LogP contribution in [-0.2, 0) is 15.3 Å². The average Bonchev–Trinajstić information content (AvgIpc) is 3.02. The minimum Gasteiger partial charge on any atom is -0.480 e. The second-order valence-corrected chi connectivity index (χ2v) is 6.70. The number of rotatable bonds is 8. The van der Waals surface area contributed by atoms with Crippen LogP contribution in [0.15, 0.2) is 17.5 Å². The van der Waals surface area contributed by atoms with Gasteiger partial charge in [-0.1, -0.05) is 6.07 Å². The highest BCUT2D eigenvalue weighted by molar-refractivity contribution is 7.99. The van der Waals surface area contributed by atoms with Gasteiger partial charge in [0.2, 0.25) is 5.91 Å². The molecule has 2 rings (SSSR count). The highest BCUT2D eigenvalue weighted by Crippen LogP contribution is 2.30. The summed E-state index contributed by atoms with van der Waals surface area (Å²) >= 11 is 3.22. The third-order valence-electron chi connectivity index (χ3n) is 2.90. The summed E-state index contributed by atoms with van der Waals surface area (Å²) in [5.41, 5.74) is 0. The van der Waals surface area contributed by atoms with E-state index >= 15 is 0 Å². The lowest BCUT2D eigenvalue weighted by Gasteiger charge is -2.20. The van der Waals surface area contributed by atoms with Crippen LogP contribution >= 0.6 is 23.1 Å². The molecule has 0 atom stereocenters. The van der Waals surface area contributed by atoms with E-state index < -0.39 is 5.97 Å². The van der Waals surface area contributed by atoms with Crippen LogP contribution in [0.1, 0.15) is 17.7 Å². The van der Waals surface area contributed by atoms with E-state index in [-0.39, 0.29) is 12.5 Å². The molecule has 0 aliphatic heterocycles. The number of aliphatic carboxylic acids is 1. The minimum atomic E-state index is -0.933. The predicted molar refractivity (Wildman–Crippen MR) is 77.4 cm³/mol. The van der Waals surface area contributed by atoms with E-state index in [1.807, 2.05) is 17.5 Å². The Bertz CT molecular complexity index is 429. The third-order valence-corrected chi connectivity index (χ3v) is 4.93. The quantitative estimate of drug-likeness (QED) is 0.800. The lowest BCUT2D eigenvalue weighted by molar-refractivity contribution is -0.143. The van der Waals surface area contributed by atoms with Crippen LogP contribution in [0, 0.1) is 5.92 Å². The average molecular weight is 299 g/mol. The van der Waals surface area contributed by atoms with Gasteiger partial charge in [-0.15, -0.1) is 23.1 Å². The molecule has 0 aromatic carbocycles. The lowest BCUT2D eigenvalue weighted by atomic mass is 10.3. The zero-order valence-electron chi connectivity index (χ0n) is 10.6. The number of hydrogen-bond acceptors (Lipinski definition) is 4. The first-order valence-corrected chi connectivity index (χ1v) is 8.28. The van der Waals surface area contributed by atoms with E-state index in [2.05, 4.69) is 0 Å². The Kier molecular flexibility index (Phi) is 5.27. The first kappa shape index (κ1) is 14.4. The molecule has 1 aliphatic rings. The van der Waals surface area contributed by atoms with Crippen molar-refractivity contribution < 1.29 is 14.7 Å². The Morgan fingerprint density at radius 2 is 2.26 bits per heavy atom. The summed E-state index contributed by atoms with van der Waals surface area (Å²) in [6.45, 7) is 0.430. The van der Waals surface area contributed by atoms with E-state index in [0.29, 0.717) is 18.2 Å². The van der Waals surface area contributed by atoms with Crippen molar-refractivity contribution in [2.45, 2.75) is 18.6 Å². The van der Waals surface area contributed by atoms with Crippen molar-refractivity contribution in [3.8, 4) is 0 Å². The Balaban J connectivity index is 1.75. The molecule has 0 unspecified atom stereocenters. The van der Waals surface area contributed by atoms with Gasteiger partial charge in [-0.25, -0.2) is 0 Å². The molecule has 1 amide bonds. The molecular formula is C13H17NO3S2. The molecule has 1 N–H and O–H groups in total. The molecule has 1 aliphatic carbocycles. The Labute approximate surface area is 120 Å². The van der Waals surface area contributed by atoms with Crippen molar-refractivity contribution in [2.24, 2.45) is 5.92 Å². The molecule has 0 saturated heterocycles. The van der Waals surface area contributed by atoms with Crippen LogP contribution in [0.25, 0.3) is 0 Å². The molecule has 6 heteroatoms. The zero-order chi connectivity index (χ0) is 13.7. The van der Waals surface area contributed by atoms with Gasteiger partial charge in [0.05, 0.1) is 5.75 Å². The number of carboxylic acid groups (broad SMARTS) is 1. The predicted octanol–water partition coefficient (Wildman–Crippen LogP) is 2.30. The molecule has 0 bridgehead atoms. The summed E-state index contributed by atoms with van der Waals surface area (Å²) in [5.74, 6) is 0.699. The number of carbonyl (C=O) groups is 2. The SMILES string of the molecule is O=C(O)CN(CC1CC1)C(=O)CSCc1cccs1. The molecule has 0 spiro atoms. The Morgan fingerprint density at radius 3 is 2.84 bits per heavy atom. The van der Waals surface area contributed by atoms with Crippen molar-refractivity contribution in [3.05, 3.63) is 22.4 Å². The Hall–Kier alpha value is -1.01. The Morgan fingerprint density at radius 1 is 1.47 bits per heavy atom. The summed E-state index contributed by atoms with van der Waals surface area (Å²) in [6, 6.07) is 4.04. The second kappa shape index (κ2) is 6.96. The smallest absolute Gasteiger partial charge is 0.323 e. The van der Waals surface area contributed by atoms with Gasteiger partial charge in [0.15, 0.2) is 0 Å². The summed E-state index contributed by atoms with van der Waals surface area (Å²) in [4.78, 5) is 25.5. The minimum absolute atomic E-state index is 0.0594. The molecule has 4 nitrogen and oxygen atoms in total. The molecule has 1 aromatic rings. The van der Waals surface area contributed by atoms with Gasteiger partial charge in [0, 0.05) is 17.2 Å². The van der Waals surface area contributed by atoms with Gasteiger partial charge < -0.3 is 10.0 Å². The van der Waals surface area contributed by atoms with Gasteiger partial charge in [0.25, 0.3) is 0 Å². The lowest BCUT2D eigenvalue weighted by Crippen LogP contribution is -2.38. The molecule has 1 aromatic heterocycles. The highest BCUT2D eigenvalue weighted by atomic mass is 32.2. The molecule has 1 fully saturated rings. The molecule has 19 heavy (non-hydrogen) atoms. The van der Waals surface area contributed by atoms with E-state index in [9.17, 15) is 9.59 Å². The van der Waals surface area contributed by atoms with Crippen molar-refractivity contribution in [3.63, 3.8) is 0 Å². The first-order valence-electron chi connectivity index (χ1n) is 6.25.